The lowest BCUT2D eigenvalue weighted by molar-refractivity contribution is 0.597. The van der Waals surface area contributed by atoms with Gasteiger partial charge < -0.3 is 10.3 Å². The summed E-state index contributed by atoms with van der Waals surface area (Å²) in [4.78, 5) is 11.4. The van der Waals surface area contributed by atoms with Gasteiger partial charge in [-0.05, 0) is 18.2 Å². The zero-order valence-electron chi connectivity index (χ0n) is 8.56. The molecule has 1 aromatic carbocycles. The number of pyridine rings is 1. The third-order valence-corrected chi connectivity index (χ3v) is 2.32. The summed E-state index contributed by atoms with van der Waals surface area (Å²) in [6.45, 7) is 0.214. The number of nitrogens with zero attached hydrogens (tertiary/aromatic N) is 1. The molecule has 0 saturated heterocycles. The number of hydrogen-bond donors (Lipinski definition) is 1. The summed E-state index contributed by atoms with van der Waals surface area (Å²) in [6, 6.07) is 9.28. The van der Waals surface area contributed by atoms with Gasteiger partial charge >= 0.3 is 0 Å². The SMILES string of the molecule is Nc1ccc(Cn2ccccc2=O)c(F)c1. The molecule has 0 saturated carbocycles. The van der Waals surface area contributed by atoms with Crippen molar-refractivity contribution in [1.82, 2.24) is 4.57 Å². The molecule has 16 heavy (non-hydrogen) atoms. The third-order valence-electron chi connectivity index (χ3n) is 2.32. The Kier molecular flexibility index (Phi) is 2.72. The molecular weight excluding hydrogens is 207 g/mol. The molecule has 4 heteroatoms. The first-order valence-electron chi connectivity index (χ1n) is 4.86. The summed E-state index contributed by atoms with van der Waals surface area (Å²) in [5.74, 6) is -0.393. The first-order chi connectivity index (χ1) is 7.66. The van der Waals surface area contributed by atoms with E-state index in [2.05, 4.69) is 0 Å². The van der Waals surface area contributed by atoms with Gasteiger partial charge in [0.1, 0.15) is 5.82 Å². The second-order valence-corrected chi connectivity index (χ2v) is 3.52. The molecule has 0 aliphatic carbocycles. The molecule has 0 aliphatic rings. The van der Waals surface area contributed by atoms with Crippen molar-refractivity contribution in [2.45, 2.75) is 6.54 Å². The van der Waals surface area contributed by atoms with Gasteiger partial charge in [-0.25, -0.2) is 4.39 Å². The Hall–Kier alpha value is -2.10. The Morgan fingerprint density at radius 1 is 1.25 bits per heavy atom. The van der Waals surface area contributed by atoms with Crippen LogP contribution >= 0.6 is 0 Å². The van der Waals surface area contributed by atoms with Gasteiger partial charge in [0, 0.05) is 23.5 Å². The van der Waals surface area contributed by atoms with Gasteiger partial charge in [-0.15, -0.1) is 0 Å². The number of rotatable bonds is 2. The topological polar surface area (TPSA) is 48.0 Å². The highest BCUT2D eigenvalue weighted by atomic mass is 19.1. The van der Waals surface area contributed by atoms with Crippen LogP contribution in [0.15, 0.2) is 47.4 Å². The van der Waals surface area contributed by atoms with E-state index >= 15 is 0 Å². The zero-order valence-corrected chi connectivity index (χ0v) is 8.56. The lowest BCUT2D eigenvalue weighted by Gasteiger charge is -2.06. The van der Waals surface area contributed by atoms with Gasteiger partial charge in [0.2, 0.25) is 0 Å². The average molecular weight is 218 g/mol. The number of nitrogen functional groups attached to an aromatic ring is 1. The van der Waals surface area contributed by atoms with Gasteiger partial charge in [-0.2, -0.15) is 0 Å². The van der Waals surface area contributed by atoms with Crippen LogP contribution in [0, 0.1) is 5.82 Å². The molecule has 0 aliphatic heterocycles. The summed E-state index contributed by atoms with van der Waals surface area (Å²) in [5.41, 5.74) is 6.11. The van der Waals surface area contributed by atoms with Crippen molar-refractivity contribution in [2.24, 2.45) is 0 Å². The molecule has 1 aromatic heterocycles. The molecule has 0 fully saturated rings. The van der Waals surface area contributed by atoms with E-state index in [-0.39, 0.29) is 12.1 Å². The van der Waals surface area contributed by atoms with Gasteiger partial charge in [-0.1, -0.05) is 12.1 Å². The summed E-state index contributed by atoms with van der Waals surface area (Å²) < 4.78 is 14.9. The van der Waals surface area contributed by atoms with Crippen LogP contribution in [-0.2, 0) is 6.54 Å². The van der Waals surface area contributed by atoms with Crippen molar-refractivity contribution in [1.29, 1.82) is 0 Å². The smallest absolute Gasteiger partial charge is 0.250 e. The highest BCUT2D eigenvalue weighted by Crippen LogP contribution is 2.12. The second kappa shape index (κ2) is 4.18. The van der Waals surface area contributed by atoms with Crippen LogP contribution in [0.3, 0.4) is 0 Å². The van der Waals surface area contributed by atoms with Crippen molar-refractivity contribution in [3.8, 4) is 0 Å². The largest absolute Gasteiger partial charge is 0.399 e. The summed E-state index contributed by atoms with van der Waals surface area (Å²) in [7, 11) is 0. The molecule has 0 bridgehead atoms. The highest BCUT2D eigenvalue weighted by Gasteiger charge is 2.03. The molecule has 3 nitrogen and oxygen atoms in total. The van der Waals surface area contributed by atoms with Crippen molar-refractivity contribution >= 4 is 5.69 Å². The lowest BCUT2D eigenvalue weighted by Crippen LogP contribution is -2.18. The fourth-order valence-corrected chi connectivity index (χ4v) is 1.47. The Morgan fingerprint density at radius 3 is 2.75 bits per heavy atom. The van der Waals surface area contributed by atoms with Crippen LogP contribution in [-0.4, -0.2) is 4.57 Å². The van der Waals surface area contributed by atoms with E-state index in [1.807, 2.05) is 0 Å². The van der Waals surface area contributed by atoms with E-state index in [4.69, 9.17) is 5.73 Å². The van der Waals surface area contributed by atoms with Crippen molar-refractivity contribution in [3.63, 3.8) is 0 Å². The van der Waals surface area contributed by atoms with E-state index in [9.17, 15) is 9.18 Å². The number of aromatic nitrogens is 1. The van der Waals surface area contributed by atoms with Crippen LogP contribution in [0.4, 0.5) is 10.1 Å². The minimum Gasteiger partial charge on any atom is -0.399 e. The maximum absolute atomic E-state index is 13.5. The lowest BCUT2D eigenvalue weighted by atomic mass is 10.2. The predicted octanol–water partition coefficient (Wildman–Crippen LogP) is 1.62. The quantitative estimate of drug-likeness (QED) is 0.778. The number of halogens is 1. The average Bonchev–Trinajstić information content (AvgIpc) is 2.25. The normalized spacial score (nSPS) is 10.3. The van der Waals surface area contributed by atoms with Gasteiger partial charge in [0.15, 0.2) is 0 Å². The second-order valence-electron chi connectivity index (χ2n) is 3.52. The summed E-state index contributed by atoms with van der Waals surface area (Å²) in [6.07, 6.45) is 1.62. The van der Waals surface area contributed by atoms with E-state index in [1.54, 1.807) is 30.5 Å². The zero-order chi connectivity index (χ0) is 11.5. The Bertz CT molecular complexity index is 563. The Balaban J connectivity index is 2.35. The molecule has 82 valence electrons. The molecular formula is C12H11FN2O. The number of hydrogen-bond acceptors (Lipinski definition) is 2. The van der Waals surface area contributed by atoms with E-state index < -0.39 is 5.82 Å². The van der Waals surface area contributed by atoms with Gasteiger partial charge in [-0.3, -0.25) is 4.79 Å². The standard InChI is InChI=1S/C12H11FN2O/c13-11-7-10(14)5-4-9(11)8-15-6-2-1-3-12(15)16/h1-7H,8,14H2. The molecule has 0 amide bonds. The fourth-order valence-electron chi connectivity index (χ4n) is 1.47. The van der Waals surface area contributed by atoms with E-state index in [0.29, 0.717) is 11.3 Å². The molecule has 0 unspecified atom stereocenters. The van der Waals surface area contributed by atoms with Crippen LogP contribution in [0.1, 0.15) is 5.56 Å². The summed E-state index contributed by atoms with van der Waals surface area (Å²) >= 11 is 0. The van der Waals surface area contributed by atoms with E-state index in [1.165, 1.54) is 16.7 Å². The van der Waals surface area contributed by atoms with Crippen LogP contribution in [0.25, 0.3) is 0 Å². The van der Waals surface area contributed by atoms with Crippen molar-refractivity contribution in [3.05, 3.63) is 64.3 Å². The van der Waals surface area contributed by atoms with Crippen LogP contribution in [0.2, 0.25) is 0 Å². The Labute approximate surface area is 92.0 Å². The van der Waals surface area contributed by atoms with Crippen molar-refractivity contribution in [2.75, 3.05) is 5.73 Å². The predicted molar refractivity (Wildman–Crippen MR) is 60.6 cm³/mol. The fraction of sp³-hybridized carbons (Fsp3) is 0.0833. The molecule has 0 radical (unpaired) electrons. The van der Waals surface area contributed by atoms with E-state index in [0.717, 1.165) is 0 Å². The maximum Gasteiger partial charge on any atom is 0.250 e. The molecule has 2 N–H and O–H groups in total. The number of anilines is 1. The first-order valence-corrected chi connectivity index (χ1v) is 4.86. The summed E-state index contributed by atoms with van der Waals surface area (Å²) in [5, 5.41) is 0. The Morgan fingerprint density at radius 2 is 2.06 bits per heavy atom. The van der Waals surface area contributed by atoms with Crippen LogP contribution in [0.5, 0.6) is 0 Å². The highest BCUT2D eigenvalue weighted by molar-refractivity contribution is 5.40. The molecule has 2 aromatic rings. The number of nitrogens with two attached hydrogens (primary N) is 1. The molecule has 0 spiro atoms. The van der Waals surface area contributed by atoms with Gasteiger partial charge in [0.05, 0.1) is 6.54 Å². The minimum atomic E-state index is -0.393. The van der Waals surface area contributed by atoms with Crippen LogP contribution < -0.4 is 11.3 Å². The minimum absolute atomic E-state index is 0.154. The third kappa shape index (κ3) is 2.11. The van der Waals surface area contributed by atoms with Gasteiger partial charge in [0.25, 0.3) is 5.56 Å². The molecule has 2 rings (SSSR count). The van der Waals surface area contributed by atoms with Crippen molar-refractivity contribution < 1.29 is 4.39 Å². The monoisotopic (exact) mass is 218 g/mol. The molecule has 1 heterocycles. The number of benzene rings is 1. The molecule has 0 atom stereocenters. The first kappa shape index (κ1) is 10.4. The maximum atomic E-state index is 13.5.